The van der Waals surface area contributed by atoms with Crippen molar-refractivity contribution < 1.29 is 14.7 Å². The number of hydrogen-bond acceptors (Lipinski definition) is 4. The molecule has 1 atom stereocenters. The van der Waals surface area contributed by atoms with Gasteiger partial charge >= 0.3 is 5.97 Å². The van der Waals surface area contributed by atoms with Gasteiger partial charge in [0.15, 0.2) is 0 Å². The van der Waals surface area contributed by atoms with Crippen LogP contribution in [0.15, 0.2) is 29.2 Å². The molecule has 98 valence electrons. The number of nitrogens with two attached hydrogens (primary N) is 1. The Morgan fingerprint density at radius 3 is 2.50 bits per heavy atom. The average Bonchev–Trinajstić information content (AvgIpc) is 2.36. The van der Waals surface area contributed by atoms with Crippen molar-refractivity contribution >= 4 is 29.3 Å². The molecule has 0 bridgehead atoms. The minimum Gasteiger partial charge on any atom is -0.481 e. The van der Waals surface area contributed by atoms with E-state index in [1.54, 1.807) is 23.9 Å². The molecule has 1 amide bonds. The second kappa shape index (κ2) is 7.03. The number of hydrogen-bond donors (Lipinski definition) is 3. The summed E-state index contributed by atoms with van der Waals surface area (Å²) in [4.78, 5) is 23.1. The molecule has 0 heterocycles. The van der Waals surface area contributed by atoms with Crippen LogP contribution >= 0.6 is 11.8 Å². The normalized spacial score (nSPS) is 11.9. The monoisotopic (exact) mass is 268 g/mol. The maximum absolute atomic E-state index is 11.6. The van der Waals surface area contributed by atoms with Crippen LogP contribution in [0.2, 0.25) is 0 Å². The van der Waals surface area contributed by atoms with E-state index in [2.05, 4.69) is 5.32 Å². The molecule has 4 N–H and O–H groups in total. The van der Waals surface area contributed by atoms with Gasteiger partial charge in [0, 0.05) is 17.0 Å². The Labute approximate surface area is 110 Å². The van der Waals surface area contributed by atoms with Crippen molar-refractivity contribution in [3.05, 3.63) is 24.3 Å². The van der Waals surface area contributed by atoms with Crippen LogP contribution in [0.5, 0.6) is 0 Å². The Hall–Kier alpha value is -1.53. The second-order valence-electron chi connectivity index (χ2n) is 3.76. The van der Waals surface area contributed by atoms with Crippen LogP contribution in [0.4, 0.5) is 5.69 Å². The molecular formula is C12H16N2O3S. The molecule has 0 fully saturated rings. The number of carboxylic acid groups (broad SMARTS) is 1. The number of rotatable bonds is 6. The summed E-state index contributed by atoms with van der Waals surface area (Å²) in [5.74, 6) is -1.32. The predicted octanol–water partition coefficient (Wildman–Crippen LogP) is 1.54. The SMILES string of the molecule is CSc1ccc(NC(=O)C(N)CCC(=O)O)cc1. The van der Waals surface area contributed by atoms with Crippen molar-refractivity contribution in [3.63, 3.8) is 0 Å². The number of thioether (sulfide) groups is 1. The van der Waals surface area contributed by atoms with Crippen LogP contribution in [-0.2, 0) is 9.59 Å². The first-order chi connectivity index (χ1) is 8.52. The summed E-state index contributed by atoms with van der Waals surface area (Å²) < 4.78 is 0. The van der Waals surface area contributed by atoms with E-state index in [0.29, 0.717) is 5.69 Å². The van der Waals surface area contributed by atoms with E-state index in [0.717, 1.165) is 4.90 Å². The lowest BCUT2D eigenvalue weighted by molar-refractivity contribution is -0.137. The van der Waals surface area contributed by atoms with Crippen molar-refractivity contribution in [1.82, 2.24) is 0 Å². The van der Waals surface area contributed by atoms with Gasteiger partial charge in [-0.2, -0.15) is 0 Å². The van der Waals surface area contributed by atoms with Crippen LogP contribution in [0, 0.1) is 0 Å². The molecule has 1 aromatic rings. The third-order valence-corrected chi connectivity index (χ3v) is 3.11. The number of carbonyl (C=O) groups excluding carboxylic acids is 1. The molecule has 0 aliphatic carbocycles. The first kappa shape index (κ1) is 14.5. The zero-order valence-corrected chi connectivity index (χ0v) is 10.9. The average molecular weight is 268 g/mol. The van der Waals surface area contributed by atoms with Gasteiger partial charge in [-0.15, -0.1) is 11.8 Å². The molecule has 0 aliphatic heterocycles. The smallest absolute Gasteiger partial charge is 0.303 e. The van der Waals surface area contributed by atoms with E-state index in [-0.39, 0.29) is 18.7 Å². The van der Waals surface area contributed by atoms with Gasteiger partial charge in [0.2, 0.25) is 5.91 Å². The van der Waals surface area contributed by atoms with Crippen molar-refractivity contribution in [2.24, 2.45) is 5.73 Å². The third-order valence-electron chi connectivity index (χ3n) is 2.36. The maximum atomic E-state index is 11.6. The van der Waals surface area contributed by atoms with Crippen molar-refractivity contribution in [1.29, 1.82) is 0 Å². The van der Waals surface area contributed by atoms with E-state index in [4.69, 9.17) is 10.8 Å². The molecule has 0 aliphatic rings. The standard InChI is InChI=1S/C12H16N2O3S/c1-18-9-4-2-8(3-5-9)14-12(17)10(13)6-7-11(15)16/h2-5,10H,6-7,13H2,1H3,(H,14,17)(H,15,16). The van der Waals surface area contributed by atoms with E-state index in [9.17, 15) is 9.59 Å². The summed E-state index contributed by atoms with van der Waals surface area (Å²) in [7, 11) is 0. The quantitative estimate of drug-likeness (QED) is 0.681. The summed E-state index contributed by atoms with van der Waals surface area (Å²) in [6, 6.07) is 6.55. The van der Waals surface area contributed by atoms with E-state index < -0.39 is 12.0 Å². The lowest BCUT2D eigenvalue weighted by Gasteiger charge is -2.11. The molecular weight excluding hydrogens is 252 g/mol. The van der Waals surface area contributed by atoms with E-state index in [1.807, 2.05) is 18.4 Å². The van der Waals surface area contributed by atoms with Crippen LogP contribution in [0.1, 0.15) is 12.8 Å². The molecule has 0 spiro atoms. The zero-order chi connectivity index (χ0) is 13.5. The van der Waals surface area contributed by atoms with Gasteiger partial charge in [-0.05, 0) is 36.9 Å². The van der Waals surface area contributed by atoms with Gasteiger partial charge in [0.1, 0.15) is 0 Å². The number of carbonyl (C=O) groups is 2. The Morgan fingerprint density at radius 1 is 1.39 bits per heavy atom. The first-order valence-corrected chi connectivity index (χ1v) is 6.67. The van der Waals surface area contributed by atoms with Crippen LogP contribution in [0.25, 0.3) is 0 Å². The predicted molar refractivity (Wildman–Crippen MR) is 71.7 cm³/mol. The molecule has 5 nitrogen and oxygen atoms in total. The highest BCUT2D eigenvalue weighted by Gasteiger charge is 2.14. The number of anilines is 1. The molecule has 6 heteroatoms. The third kappa shape index (κ3) is 4.77. The number of amides is 1. The highest BCUT2D eigenvalue weighted by Crippen LogP contribution is 2.17. The molecule has 0 aromatic heterocycles. The molecule has 0 saturated carbocycles. The van der Waals surface area contributed by atoms with Crippen molar-refractivity contribution in [2.75, 3.05) is 11.6 Å². The van der Waals surface area contributed by atoms with Crippen LogP contribution in [0.3, 0.4) is 0 Å². The Bertz CT molecular complexity index is 420. The summed E-state index contributed by atoms with van der Waals surface area (Å²) >= 11 is 1.61. The minimum atomic E-state index is -0.956. The number of benzene rings is 1. The second-order valence-corrected chi connectivity index (χ2v) is 4.64. The summed E-state index contributed by atoms with van der Waals surface area (Å²) in [6.45, 7) is 0. The fraction of sp³-hybridized carbons (Fsp3) is 0.333. The van der Waals surface area contributed by atoms with Gasteiger partial charge in [0.25, 0.3) is 0 Å². The molecule has 1 rings (SSSR count). The van der Waals surface area contributed by atoms with Gasteiger partial charge in [-0.3, -0.25) is 9.59 Å². The zero-order valence-electron chi connectivity index (χ0n) is 10.1. The minimum absolute atomic E-state index is 0.111. The summed E-state index contributed by atoms with van der Waals surface area (Å²) in [5, 5.41) is 11.2. The lowest BCUT2D eigenvalue weighted by atomic mass is 10.1. The number of aliphatic carboxylic acids is 1. The topological polar surface area (TPSA) is 92.4 Å². The Kier molecular flexibility index (Phi) is 5.67. The highest BCUT2D eigenvalue weighted by molar-refractivity contribution is 7.98. The Morgan fingerprint density at radius 2 is 2.00 bits per heavy atom. The summed E-state index contributed by atoms with van der Waals surface area (Å²) in [5.41, 5.74) is 6.25. The number of carboxylic acids is 1. The molecule has 1 unspecified atom stereocenters. The Balaban J connectivity index is 2.49. The number of nitrogens with one attached hydrogen (secondary N) is 1. The van der Waals surface area contributed by atoms with Gasteiger partial charge in [-0.1, -0.05) is 0 Å². The van der Waals surface area contributed by atoms with Gasteiger partial charge in [0.05, 0.1) is 6.04 Å². The van der Waals surface area contributed by atoms with E-state index in [1.165, 1.54) is 0 Å². The van der Waals surface area contributed by atoms with Crippen LogP contribution < -0.4 is 11.1 Å². The van der Waals surface area contributed by atoms with E-state index >= 15 is 0 Å². The van der Waals surface area contributed by atoms with Crippen LogP contribution in [-0.4, -0.2) is 29.3 Å². The molecule has 0 saturated heterocycles. The molecule has 0 radical (unpaired) electrons. The highest BCUT2D eigenvalue weighted by atomic mass is 32.2. The maximum Gasteiger partial charge on any atom is 0.303 e. The van der Waals surface area contributed by atoms with Gasteiger partial charge < -0.3 is 16.2 Å². The molecule has 1 aromatic carbocycles. The van der Waals surface area contributed by atoms with Gasteiger partial charge in [-0.25, -0.2) is 0 Å². The molecule has 18 heavy (non-hydrogen) atoms. The van der Waals surface area contributed by atoms with Crippen molar-refractivity contribution in [2.45, 2.75) is 23.8 Å². The fourth-order valence-corrected chi connectivity index (χ4v) is 1.73. The lowest BCUT2D eigenvalue weighted by Crippen LogP contribution is -2.36. The van der Waals surface area contributed by atoms with Crippen molar-refractivity contribution in [3.8, 4) is 0 Å². The first-order valence-electron chi connectivity index (χ1n) is 5.45. The summed E-state index contributed by atoms with van der Waals surface area (Å²) in [6.07, 6.45) is 1.99. The largest absolute Gasteiger partial charge is 0.481 e. The fourth-order valence-electron chi connectivity index (χ4n) is 1.32.